The number of nitrogens with one attached hydrogen (secondary N) is 1. The molecular weight excluding hydrogens is 318 g/mol. The lowest BCUT2D eigenvalue weighted by Crippen LogP contribution is -2.13. The van der Waals surface area contributed by atoms with Gasteiger partial charge in [0.15, 0.2) is 0 Å². The third kappa shape index (κ3) is 2.98. The molecule has 0 aliphatic carbocycles. The fraction of sp³-hybridized carbons (Fsp3) is 0.0667. The number of nitriles is 1. The zero-order chi connectivity index (χ0) is 14.7. The molecule has 0 radical (unpaired) electrons. The molecular formula is C15H12BrN3O. The molecule has 0 unspecified atom stereocenters. The minimum atomic E-state index is -0.272. The van der Waals surface area contributed by atoms with E-state index in [-0.39, 0.29) is 5.91 Å². The summed E-state index contributed by atoms with van der Waals surface area (Å²) < 4.78 is 0.733. The Balaban J connectivity index is 2.26. The highest BCUT2D eigenvalue weighted by Gasteiger charge is 2.11. The molecule has 0 fully saturated rings. The lowest BCUT2D eigenvalue weighted by Gasteiger charge is -2.11. The van der Waals surface area contributed by atoms with Gasteiger partial charge in [-0.05, 0) is 64.8 Å². The van der Waals surface area contributed by atoms with Crippen LogP contribution in [0.5, 0.6) is 0 Å². The van der Waals surface area contributed by atoms with Crippen molar-refractivity contribution in [1.29, 1.82) is 5.26 Å². The summed E-state index contributed by atoms with van der Waals surface area (Å²) >= 11 is 3.38. The van der Waals surface area contributed by atoms with Gasteiger partial charge in [-0.15, -0.1) is 0 Å². The van der Waals surface area contributed by atoms with Gasteiger partial charge in [0.25, 0.3) is 5.91 Å². The number of aryl methyl sites for hydroxylation is 1. The molecule has 4 nitrogen and oxygen atoms in total. The minimum absolute atomic E-state index is 0.272. The summed E-state index contributed by atoms with van der Waals surface area (Å²) in [6.45, 7) is 1.92. The first-order chi connectivity index (χ1) is 9.51. The number of carbonyl (C=O) groups excluding carboxylic acids is 1. The molecule has 1 amide bonds. The van der Waals surface area contributed by atoms with Crippen molar-refractivity contribution < 1.29 is 4.79 Å². The maximum atomic E-state index is 12.1. The second kappa shape index (κ2) is 5.76. The van der Waals surface area contributed by atoms with Gasteiger partial charge in [-0.3, -0.25) is 4.79 Å². The SMILES string of the molecule is Cc1cc(N)c(NC(=O)c2ccc(C#N)cc2)c(Br)c1. The van der Waals surface area contributed by atoms with Crippen LogP contribution in [0.15, 0.2) is 40.9 Å². The molecule has 5 heteroatoms. The highest BCUT2D eigenvalue weighted by molar-refractivity contribution is 9.10. The van der Waals surface area contributed by atoms with Gasteiger partial charge >= 0.3 is 0 Å². The van der Waals surface area contributed by atoms with Crippen LogP contribution < -0.4 is 11.1 Å². The number of hydrogen-bond donors (Lipinski definition) is 2. The van der Waals surface area contributed by atoms with Crippen molar-refractivity contribution in [2.24, 2.45) is 0 Å². The Hall–Kier alpha value is -2.32. The van der Waals surface area contributed by atoms with Gasteiger partial charge in [0, 0.05) is 10.0 Å². The Morgan fingerprint density at radius 1 is 1.30 bits per heavy atom. The molecule has 2 aromatic carbocycles. The quantitative estimate of drug-likeness (QED) is 0.828. The van der Waals surface area contributed by atoms with E-state index >= 15 is 0 Å². The van der Waals surface area contributed by atoms with Gasteiger partial charge in [-0.25, -0.2) is 0 Å². The van der Waals surface area contributed by atoms with E-state index < -0.39 is 0 Å². The molecule has 2 aromatic rings. The van der Waals surface area contributed by atoms with E-state index in [4.69, 9.17) is 11.0 Å². The molecule has 0 atom stereocenters. The van der Waals surface area contributed by atoms with Crippen LogP contribution in [-0.4, -0.2) is 5.91 Å². The monoisotopic (exact) mass is 329 g/mol. The van der Waals surface area contributed by atoms with E-state index in [1.165, 1.54) is 0 Å². The molecule has 3 N–H and O–H groups in total. The molecule has 0 saturated carbocycles. The van der Waals surface area contributed by atoms with Gasteiger partial charge in [-0.1, -0.05) is 0 Å². The van der Waals surface area contributed by atoms with Gasteiger partial charge in [0.05, 0.1) is 23.0 Å². The smallest absolute Gasteiger partial charge is 0.255 e. The zero-order valence-electron chi connectivity index (χ0n) is 10.8. The standard InChI is InChI=1S/C15H12BrN3O/c1-9-6-12(16)14(13(18)7-9)19-15(20)11-4-2-10(8-17)3-5-11/h2-7H,18H2,1H3,(H,19,20). The average Bonchev–Trinajstić information content (AvgIpc) is 2.42. The molecule has 20 heavy (non-hydrogen) atoms. The number of nitrogens with two attached hydrogens (primary N) is 1. The van der Waals surface area contributed by atoms with Crippen LogP contribution in [-0.2, 0) is 0 Å². The van der Waals surface area contributed by atoms with Crippen LogP contribution >= 0.6 is 15.9 Å². The van der Waals surface area contributed by atoms with Gasteiger partial charge in [0.1, 0.15) is 0 Å². The maximum absolute atomic E-state index is 12.1. The minimum Gasteiger partial charge on any atom is -0.397 e. The first kappa shape index (κ1) is 14.1. The summed E-state index contributed by atoms with van der Waals surface area (Å²) in [5, 5.41) is 11.5. The lowest BCUT2D eigenvalue weighted by atomic mass is 10.1. The number of halogens is 1. The van der Waals surface area contributed by atoms with Crippen molar-refractivity contribution in [3.63, 3.8) is 0 Å². The van der Waals surface area contributed by atoms with Crippen molar-refractivity contribution >= 4 is 33.2 Å². The van der Waals surface area contributed by atoms with Gasteiger partial charge < -0.3 is 11.1 Å². The van der Waals surface area contributed by atoms with Crippen LogP contribution in [0.1, 0.15) is 21.5 Å². The summed E-state index contributed by atoms with van der Waals surface area (Å²) in [5.41, 5.74) is 8.94. The number of carbonyl (C=O) groups is 1. The molecule has 0 aromatic heterocycles. The van der Waals surface area contributed by atoms with Crippen molar-refractivity contribution in [2.75, 3.05) is 11.1 Å². The number of amides is 1. The van der Waals surface area contributed by atoms with Crippen LogP contribution in [0.3, 0.4) is 0 Å². The van der Waals surface area contributed by atoms with Crippen LogP contribution in [0.2, 0.25) is 0 Å². The van der Waals surface area contributed by atoms with E-state index in [1.54, 1.807) is 30.3 Å². The molecule has 0 heterocycles. The van der Waals surface area contributed by atoms with E-state index in [0.29, 0.717) is 22.5 Å². The van der Waals surface area contributed by atoms with E-state index in [1.807, 2.05) is 19.1 Å². The molecule has 0 spiro atoms. The molecule has 0 saturated heterocycles. The Morgan fingerprint density at radius 3 is 2.50 bits per heavy atom. The Labute approximate surface area is 125 Å². The molecule has 0 aliphatic rings. The van der Waals surface area contributed by atoms with Crippen LogP contribution in [0, 0.1) is 18.3 Å². The second-order valence-electron chi connectivity index (χ2n) is 4.35. The highest BCUT2D eigenvalue weighted by atomic mass is 79.9. The largest absolute Gasteiger partial charge is 0.397 e. The fourth-order valence-electron chi connectivity index (χ4n) is 1.78. The van der Waals surface area contributed by atoms with Crippen LogP contribution in [0.4, 0.5) is 11.4 Å². The first-order valence-electron chi connectivity index (χ1n) is 5.88. The number of nitrogens with zero attached hydrogens (tertiary/aromatic N) is 1. The third-order valence-corrected chi connectivity index (χ3v) is 3.41. The fourth-order valence-corrected chi connectivity index (χ4v) is 2.47. The highest BCUT2D eigenvalue weighted by Crippen LogP contribution is 2.30. The van der Waals surface area contributed by atoms with E-state index in [2.05, 4.69) is 21.2 Å². The van der Waals surface area contributed by atoms with Crippen LogP contribution in [0.25, 0.3) is 0 Å². The predicted molar refractivity (Wildman–Crippen MR) is 82.4 cm³/mol. The van der Waals surface area contributed by atoms with Crippen molar-refractivity contribution in [3.05, 3.63) is 57.6 Å². The summed E-state index contributed by atoms with van der Waals surface area (Å²) in [7, 11) is 0. The van der Waals surface area contributed by atoms with Gasteiger partial charge in [0.2, 0.25) is 0 Å². The third-order valence-electron chi connectivity index (χ3n) is 2.78. The van der Waals surface area contributed by atoms with Crippen molar-refractivity contribution in [1.82, 2.24) is 0 Å². The zero-order valence-corrected chi connectivity index (χ0v) is 12.4. The number of anilines is 2. The number of nitrogen functional groups attached to an aromatic ring is 1. The van der Waals surface area contributed by atoms with Gasteiger partial charge in [-0.2, -0.15) is 5.26 Å². The molecule has 0 bridgehead atoms. The average molecular weight is 330 g/mol. The normalized spacial score (nSPS) is 9.85. The molecule has 100 valence electrons. The number of benzene rings is 2. The summed E-state index contributed by atoms with van der Waals surface area (Å²) in [6.07, 6.45) is 0. The Kier molecular flexibility index (Phi) is 4.06. The summed E-state index contributed by atoms with van der Waals surface area (Å²) in [5.74, 6) is -0.272. The topological polar surface area (TPSA) is 78.9 Å². The predicted octanol–water partition coefficient (Wildman–Crippen LogP) is 3.46. The Morgan fingerprint density at radius 2 is 1.95 bits per heavy atom. The summed E-state index contributed by atoms with van der Waals surface area (Å²) in [6, 6.07) is 12.1. The van der Waals surface area contributed by atoms with Crippen molar-refractivity contribution in [3.8, 4) is 6.07 Å². The number of hydrogen-bond acceptors (Lipinski definition) is 3. The molecule has 2 rings (SSSR count). The lowest BCUT2D eigenvalue weighted by molar-refractivity contribution is 0.102. The Bertz CT molecular complexity index is 679. The molecule has 0 aliphatic heterocycles. The summed E-state index contributed by atoms with van der Waals surface area (Å²) in [4.78, 5) is 12.1. The maximum Gasteiger partial charge on any atom is 0.255 e. The van der Waals surface area contributed by atoms with E-state index in [9.17, 15) is 4.79 Å². The number of rotatable bonds is 2. The van der Waals surface area contributed by atoms with E-state index in [0.717, 1.165) is 10.0 Å². The first-order valence-corrected chi connectivity index (χ1v) is 6.67. The van der Waals surface area contributed by atoms with Crippen molar-refractivity contribution in [2.45, 2.75) is 6.92 Å². The second-order valence-corrected chi connectivity index (χ2v) is 5.21.